The highest BCUT2D eigenvalue weighted by molar-refractivity contribution is 6.08. The number of benzene rings is 6. The van der Waals surface area contributed by atoms with Crippen molar-refractivity contribution in [3.8, 4) is 0 Å². The zero-order valence-electron chi connectivity index (χ0n) is 27.6. The van der Waals surface area contributed by atoms with Crippen LogP contribution >= 0.6 is 0 Å². The summed E-state index contributed by atoms with van der Waals surface area (Å²) in [6, 6.07) is 49.0. The Morgan fingerprint density at radius 3 is 1.24 bits per heavy atom. The SMILES string of the molecule is O=[N+]([O-])c1ccc(N=Nc2ccc(N(CCCn3c4ccccc4c4ccccc43)CCCn3c4ccccc4c4ccccc43)cc2)cc1. The minimum absolute atomic E-state index is 0.0321. The highest BCUT2D eigenvalue weighted by atomic mass is 16.6. The summed E-state index contributed by atoms with van der Waals surface area (Å²) in [7, 11) is 0. The van der Waals surface area contributed by atoms with Gasteiger partial charge in [0.15, 0.2) is 0 Å². The number of fused-ring (bicyclic) bond motifs is 6. The van der Waals surface area contributed by atoms with Crippen LogP contribution in [-0.4, -0.2) is 27.1 Å². The Morgan fingerprint density at radius 2 is 0.860 bits per heavy atom. The molecule has 2 heterocycles. The Kier molecular flexibility index (Phi) is 8.49. The highest BCUT2D eigenvalue weighted by Crippen LogP contribution is 2.31. The molecule has 2 aromatic heterocycles. The van der Waals surface area contributed by atoms with Gasteiger partial charge in [-0.25, -0.2) is 0 Å². The maximum atomic E-state index is 11.0. The lowest BCUT2D eigenvalue weighted by molar-refractivity contribution is -0.384. The first-order valence-electron chi connectivity index (χ1n) is 17.1. The van der Waals surface area contributed by atoms with E-state index in [-0.39, 0.29) is 5.69 Å². The van der Waals surface area contributed by atoms with Crippen molar-refractivity contribution in [1.82, 2.24) is 9.13 Å². The van der Waals surface area contributed by atoms with E-state index in [0.717, 1.165) is 50.4 Å². The molecule has 246 valence electrons. The predicted octanol–water partition coefficient (Wildman–Crippen LogP) is 11.2. The first-order chi connectivity index (χ1) is 24.6. The van der Waals surface area contributed by atoms with Crippen LogP contribution in [0.4, 0.5) is 22.7 Å². The molecule has 0 amide bonds. The fourth-order valence-electron chi connectivity index (χ4n) is 7.18. The van der Waals surface area contributed by atoms with E-state index in [2.05, 4.69) is 133 Å². The van der Waals surface area contributed by atoms with Crippen LogP contribution in [0.3, 0.4) is 0 Å². The minimum atomic E-state index is -0.419. The van der Waals surface area contributed by atoms with E-state index in [1.165, 1.54) is 55.7 Å². The van der Waals surface area contributed by atoms with Crippen LogP contribution in [0.15, 0.2) is 156 Å². The van der Waals surface area contributed by atoms with Crippen LogP contribution in [0.1, 0.15) is 12.8 Å². The molecule has 0 unspecified atom stereocenters. The van der Waals surface area contributed by atoms with Crippen LogP contribution in [0.5, 0.6) is 0 Å². The van der Waals surface area contributed by atoms with Crippen molar-refractivity contribution >= 4 is 66.4 Å². The van der Waals surface area contributed by atoms with Gasteiger partial charge in [-0.2, -0.15) is 10.2 Å². The fourth-order valence-corrected chi connectivity index (χ4v) is 7.18. The van der Waals surface area contributed by atoms with E-state index < -0.39 is 4.92 Å². The molecule has 0 fully saturated rings. The first kappa shape index (κ1) is 31.0. The average Bonchev–Trinajstić information content (AvgIpc) is 3.66. The number of nitrogens with zero attached hydrogens (tertiary/aromatic N) is 6. The number of para-hydroxylation sites is 4. The molecule has 0 aliphatic carbocycles. The van der Waals surface area contributed by atoms with Gasteiger partial charge in [0.2, 0.25) is 0 Å². The van der Waals surface area contributed by atoms with Crippen LogP contribution in [0.2, 0.25) is 0 Å². The second kappa shape index (κ2) is 13.7. The molecule has 0 radical (unpaired) electrons. The van der Waals surface area contributed by atoms with Gasteiger partial charge in [-0.15, -0.1) is 0 Å². The second-order valence-electron chi connectivity index (χ2n) is 12.6. The summed E-state index contributed by atoms with van der Waals surface area (Å²) in [5, 5.41) is 24.8. The average molecular weight is 657 g/mol. The smallest absolute Gasteiger partial charge is 0.269 e. The Bertz CT molecular complexity index is 2250. The molecule has 8 heteroatoms. The summed E-state index contributed by atoms with van der Waals surface area (Å²) < 4.78 is 4.92. The number of non-ortho nitro benzene ring substituents is 1. The largest absolute Gasteiger partial charge is 0.371 e. The van der Waals surface area contributed by atoms with Gasteiger partial charge in [0, 0.05) is 87.6 Å². The number of hydrogen-bond acceptors (Lipinski definition) is 5. The molecule has 8 rings (SSSR count). The number of nitro groups is 1. The van der Waals surface area contributed by atoms with Crippen molar-refractivity contribution in [3.63, 3.8) is 0 Å². The fraction of sp³-hybridized carbons (Fsp3) is 0.143. The van der Waals surface area contributed by atoms with Crippen LogP contribution in [0.25, 0.3) is 43.6 Å². The van der Waals surface area contributed by atoms with Gasteiger partial charge in [-0.1, -0.05) is 72.8 Å². The molecule has 8 aromatic rings. The van der Waals surface area contributed by atoms with Crippen LogP contribution in [-0.2, 0) is 13.1 Å². The highest BCUT2D eigenvalue weighted by Gasteiger charge is 2.14. The van der Waals surface area contributed by atoms with E-state index in [4.69, 9.17) is 0 Å². The van der Waals surface area contributed by atoms with E-state index >= 15 is 0 Å². The lowest BCUT2D eigenvalue weighted by atomic mass is 10.2. The number of aromatic nitrogens is 2. The van der Waals surface area contributed by atoms with Gasteiger partial charge in [0.25, 0.3) is 5.69 Å². The lowest BCUT2D eigenvalue weighted by Crippen LogP contribution is -2.27. The van der Waals surface area contributed by atoms with E-state index in [9.17, 15) is 10.1 Å². The monoisotopic (exact) mass is 656 g/mol. The third kappa shape index (κ3) is 6.07. The molecular weight excluding hydrogens is 621 g/mol. The molecule has 0 aliphatic rings. The molecule has 50 heavy (non-hydrogen) atoms. The zero-order valence-corrected chi connectivity index (χ0v) is 27.6. The molecular formula is C42H36N6O2. The third-order valence-corrected chi connectivity index (χ3v) is 9.54. The van der Waals surface area contributed by atoms with Gasteiger partial charge in [-0.3, -0.25) is 10.1 Å². The van der Waals surface area contributed by atoms with Crippen LogP contribution in [0, 0.1) is 10.1 Å². The Hall–Kier alpha value is -6.28. The quantitative estimate of drug-likeness (QED) is 0.0745. The second-order valence-corrected chi connectivity index (χ2v) is 12.6. The predicted molar refractivity (Wildman–Crippen MR) is 204 cm³/mol. The zero-order chi connectivity index (χ0) is 33.9. The molecule has 0 N–H and O–H groups in total. The number of hydrogen-bond donors (Lipinski definition) is 0. The minimum Gasteiger partial charge on any atom is -0.371 e. The number of nitro benzene ring substituents is 1. The molecule has 0 spiro atoms. The number of rotatable bonds is 12. The van der Waals surface area contributed by atoms with Gasteiger partial charge in [0.1, 0.15) is 0 Å². The van der Waals surface area contributed by atoms with E-state index in [1.807, 2.05) is 12.1 Å². The summed E-state index contributed by atoms with van der Waals surface area (Å²) in [4.78, 5) is 13.0. The van der Waals surface area contributed by atoms with Gasteiger partial charge < -0.3 is 14.0 Å². The maximum absolute atomic E-state index is 11.0. The van der Waals surface area contributed by atoms with Crippen molar-refractivity contribution in [2.24, 2.45) is 10.2 Å². The standard InChI is InChI=1S/C42H36N6O2/c49-48(50)34-25-21-32(22-26-34)44-43-31-19-23-33(24-20-31)45(27-9-29-46-39-15-5-1-11-35(39)36-12-2-6-16-40(36)46)28-10-30-47-41-17-7-3-13-37(41)38-14-4-8-18-42(38)47/h1-8,11-26H,9-10,27-30H2. The Labute approximate surface area is 289 Å². The van der Waals surface area contributed by atoms with Crippen LogP contribution < -0.4 is 4.90 Å². The summed E-state index contributed by atoms with van der Waals surface area (Å²) >= 11 is 0. The lowest BCUT2D eigenvalue weighted by Gasteiger charge is -2.26. The van der Waals surface area contributed by atoms with Crippen molar-refractivity contribution in [3.05, 3.63) is 156 Å². The third-order valence-electron chi connectivity index (χ3n) is 9.54. The molecule has 0 aliphatic heterocycles. The molecule has 0 bridgehead atoms. The van der Waals surface area contributed by atoms with E-state index in [0.29, 0.717) is 5.69 Å². The van der Waals surface area contributed by atoms with E-state index in [1.54, 1.807) is 12.1 Å². The summed E-state index contributed by atoms with van der Waals surface area (Å²) in [5.74, 6) is 0. The van der Waals surface area contributed by atoms with Gasteiger partial charge in [-0.05, 0) is 73.5 Å². The molecule has 0 saturated carbocycles. The summed E-state index contributed by atoms with van der Waals surface area (Å²) in [5.41, 5.74) is 7.56. The van der Waals surface area contributed by atoms with Crippen molar-refractivity contribution < 1.29 is 4.92 Å². The Balaban J connectivity index is 1.03. The van der Waals surface area contributed by atoms with Crippen molar-refractivity contribution in [2.45, 2.75) is 25.9 Å². The molecule has 0 atom stereocenters. The van der Waals surface area contributed by atoms with Crippen molar-refractivity contribution in [2.75, 3.05) is 18.0 Å². The van der Waals surface area contributed by atoms with Crippen molar-refractivity contribution in [1.29, 1.82) is 0 Å². The van der Waals surface area contributed by atoms with Gasteiger partial charge >= 0.3 is 0 Å². The summed E-state index contributed by atoms with van der Waals surface area (Å²) in [6.45, 7) is 3.63. The molecule has 8 nitrogen and oxygen atoms in total. The topological polar surface area (TPSA) is 81.0 Å². The Morgan fingerprint density at radius 1 is 0.500 bits per heavy atom. The molecule has 0 saturated heterocycles. The number of azo groups is 1. The molecule has 6 aromatic carbocycles. The normalized spacial score (nSPS) is 11.8. The van der Waals surface area contributed by atoms with Gasteiger partial charge in [0.05, 0.1) is 16.3 Å². The first-order valence-corrected chi connectivity index (χ1v) is 17.1. The number of aryl methyl sites for hydroxylation is 2. The number of anilines is 1. The summed E-state index contributed by atoms with van der Waals surface area (Å²) in [6.07, 6.45) is 1.97. The maximum Gasteiger partial charge on any atom is 0.269 e.